The van der Waals surface area contributed by atoms with Crippen molar-refractivity contribution in [3.05, 3.63) is 34.9 Å². The number of hydrogen-bond acceptors (Lipinski definition) is 3. The van der Waals surface area contributed by atoms with Gasteiger partial charge in [0.25, 0.3) is 0 Å². The largest absolute Gasteiger partial charge is 0.305 e. The van der Waals surface area contributed by atoms with Gasteiger partial charge in [0.05, 0.1) is 0 Å². The van der Waals surface area contributed by atoms with Crippen LogP contribution in [-0.4, -0.2) is 55.4 Å². The van der Waals surface area contributed by atoms with Gasteiger partial charge in [-0.2, -0.15) is 0 Å². The first-order valence-electron chi connectivity index (χ1n) is 7.87. The normalized spacial score (nSPS) is 23.0. The second-order valence-corrected chi connectivity index (χ2v) is 6.82. The smallest absolute Gasteiger partial charge is 0.164 e. The van der Waals surface area contributed by atoms with Crippen LogP contribution in [0.25, 0.3) is 0 Å². The molecule has 1 saturated heterocycles. The van der Waals surface area contributed by atoms with Crippen LogP contribution in [0.15, 0.2) is 18.2 Å². The summed E-state index contributed by atoms with van der Waals surface area (Å²) in [6.07, 6.45) is 0.621. The molecule has 0 bridgehead atoms. The highest BCUT2D eigenvalue weighted by Gasteiger charge is 2.30. The van der Waals surface area contributed by atoms with Gasteiger partial charge in [-0.15, -0.1) is 0 Å². The van der Waals surface area contributed by atoms with Crippen molar-refractivity contribution in [2.24, 2.45) is 5.92 Å². The summed E-state index contributed by atoms with van der Waals surface area (Å²) < 4.78 is 0. The van der Waals surface area contributed by atoms with Gasteiger partial charge in [-0.25, -0.2) is 0 Å². The van der Waals surface area contributed by atoms with Crippen LogP contribution in [0.3, 0.4) is 0 Å². The highest BCUT2D eigenvalue weighted by Crippen LogP contribution is 2.20. The second kappa shape index (κ2) is 6.71. The minimum Gasteiger partial charge on any atom is -0.305 e. The summed E-state index contributed by atoms with van der Waals surface area (Å²) in [5.74, 6) is 0.944. The molecule has 0 N–H and O–H groups in total. The molecule has 2 atom stereocenters. The van der Waals surface area contributed by atoms with Gasteiger partial charge < -0.3 is 9.80 Å². The Morgan fingerprint density at radius 3 is 2.33 bits per heavy atom. The molecule has 0 aromatic heterocycles. The summed E-state index contributed by atoms with van der Waals surface area (Å²) in [7, 11) is 4.29. The maximum absolute atomic E-state index is 12.4. The predicted octanol–water partition coefficient (Wildman–Crippen LogP) is 2.76. The Bertz CT molecular complexity index is 490. The summed E-state index contributed by atoms with van der Waals surface area (Å²) in [6, 6.07) is 6.73. The average molecular weight is 288 g/mol. The lowest BCUT2D eigenvalue weighted by Crippen LogP contribution is -2.34. The molecule has 3 nitrogen and oxygen atoms in total. The summed E-state index contributed by atoms with van der Waals surface area (Å²) in [5, 5.41) is 0. The molecule has 1 aromatic rings. The van der Waals surface area contributed by atoms with Gasteiger partial charge in [-0.05, 0) is 46.0 Å². The molecule has 1 aliphatic heterocycles. The number of hydrogen-bond donors (Lipinski definition) is 0. The maximum Gasteiger partial charge on any atom is 0.164 e. The van der Waals surface area contributed by atoms with Crippen molar-refractivity contribution in [3.63, 3.8) is 0 Å². The molecule has 21 heavy (non-hydrogen) atoms. The van der Waals surface area contributed by atoms with Crippen molar-refractivity contribution >= 4 is 5.78 Å². The third-order valence-corrected chi connectivity index (χ3v) is 4.51. The lowest BCUT2D eigenvalue weighted by atomic mass is 10.0. The Balaban J connectivity index is 1.90. The fourth-order valence-electron chi connectivity index (χ4n) is 3.44. The molecule has 116 valence electrons. The molecular formula is C18H28N2O. The van der Waals surface area contributed by atoms with Crippen LogP contribution in [0, 0.1) is 19.8 Å². The number of rotatable bonds is 5. The zero-order chi connectivity index (χ0) is 15.6. The standard InChI is InChI=1S/C18H28N2O/c1-13-8-14(2)10-16(9-13)18(21)6-7-20-11-15(3)17(12-20)19(4)5/h8-10,15,17H,6-7,11-12H2,1-5H3. The van der Waals surface area contributed by atoms with E-state index in [4.69, 9.17) is 0 Å². The van der Waals surface area contributed by atoms with E-state index in [0.29, 0.717) is 18.4 Å². The van der Waals surface area contributed by atoms with Gasteiger partial charge in [0.2, 0.25) is 0 Å². The quantitative estimate of drug-likeness (QED) is 0.778. The van der Waals surface area contributed by atoms with Crippen LogP contribution >= 0.6 is 0 Å². The molecule has 2 unspecified atom stereocenters. The predicted molar refractivity (Wildman–Crippen MR) is 87.9 cm³/mol. The van der Waals surface area contributed by atoms with E-state index < -0.39 is 0 Å². The van der Waals surface area contributed by atoms with Crippen LogP contribution in [-0.2, 0) is 0 Å². The van der Waals surface area contributed by atoms with Crippen molar-refractivity contribution < 1.29 is 4.79 Å². The van der Waals surface area contributed by atoms with Gasteiger partial charge in [-0.3, -0.25) is 4.79 Å². The van der Waals surface area contributed by atoms with E-state index in [1.165, 1.54) is 11.1 Å². The zero-order valence-electron chi connectivity index (χ0n) is 14.0. The van der Waals surface area contributed by atoms with Gasteiger partial charge in [0.1, 0.15) is 0 Å². The average Bonchev–Trinajstić information content (AvgIpc) is 2.76. The fourth-order valence-corrected chi connectivity index (χ4v) is 3.44. The van der Waals surface area contributed by atoms with E-state index >= 15 is 0 Å². The zero-order valence-corrected chi connectivity index (χ0v) is 14.0. The topological polar surface area (TPSA) is 23.6 Å². The number of aryl methyl sites for hydroxylation is 2. The van der Waals surface area contributed by atoms with E-state index in [-0.39, 0.29) is 5.78 Å². The molecule has 1 aliphatic rings. The molecule has 0 spiro atoms. The van der Waals surface area contributed by atoms with Crippen molar-refractivity contribution in [1.29, 1.82) is 0 Å². The maximum atomic E-state index is 12.4. The molecule has 1 heterocycles. The van der Waals surface area contributed by atoms with E-state index in [0.717, 1.165) is 25.2 Å². The number of nitrogens with zero attached hydrogens (tertiary/aromatic N) is 2. The van der Waals surface area contributed by atoms with E-state index in [9.17, 15) is 4.79 Å². The fraction of sp³-hybridized carbons (Fsp3) is 0.611. The SMILES string of the molecule is Cc1cc(C)cc(C(=O)CCN2CC(C)C(N(C)C)C2)c1. The molecule has 3 heteroatoms. The highest BCUT2D eigenvalue weighted by atomic mass is 16.1. The Hall–Kier alpha value is -1.19. The number of likely N-dealkylation sites (N-methyl/N-ethyl adjacent to an activating group) is 1. The van der Waals surface area contributed by atoms with Crippen LogP contribution in [0.2, 0.25) is 0 Å². The van der Waals surface area contributed by atoms with Crippen LogP contribution in [0.1, 0.15) is 34.8 Å². The minimum absolute atomic E-state index is 0.266. The number of carbonyl (C=O) groups is 1. The van der Waals surface area contributed by atoms with Crippen LogP contribution in [0.5, 0.6) is 0 Å². The van der Waals surface area contributed by atoms with Gasteiger partial charge >= 0.3 is 0 Å². The van der Waals surface area contributed by atoms with Crippen molar-refractivity contribution in [1.82, 2.24) is 9.80 Å². The minimum atomic E-state index is 0.266. The Labute approximate surface area is 128 Å². The van der Waals surface area contributed by atoms with Crippen molar-refractivity contribution in [2.45, 2.75) is 33.2 Å². The number of carbonyl (C=O) groups excluding carboxylic acids is 1. The number of benzene rings is 1. The second-order valence-electron chi connectivity index (χ2n) is 6.82. The molecule has 0 radical (unpaired) electrons. The van der Waals surface area contributed by atoms with Crippen LogP contribution in [0.4, 0.5) is 0 Å². The molecule has 0 saturated carbocycles. The number of Topliss-reactive ketones (excluding diaryl/α,β-unsaturated/α-hetero) is 1. The van der Waals surface area contributed by atoms with E-state index in [1.54, 1.807) is 0 Å². The molecule has 0 aliphatic carbocycles. The third-order valence-electron chi connectivity index (χ3n) is 4.51. The monoisotopic (exact) mass is 288 g/mol. The number of likely N-dealkylation sites (tertiary alicyclic amines) is 1. The summed E-state index contributed by atoms with van der Waals surface area (Å²) >= 11 is 0. The van der Waals surface area contributed by atoms with Crippen molar-refractivity contribution in [2.75, 3.05) is 33.7 Å². The summed E-state index contributed by atoms with van der Waals surface area (Å²) in [5.41, 5.74) is 3.20. The summed E-state index contributed by atoms with van der Waals surface area (Å²) in [6.45, 7) is 9.45. The lowest BCUT2D eigenvalue weighted by molar-refractivity contribution is 0.0967. The van der Waals surface area contributed by atoms with E-state index in [2.05, 4.69) is 36.9 Å². The summed E-state index contributed by atoms with van der Waals surface area (Å²) in [4.78, 5) is 17.1. The lowest BCUT2D eigenvalue weighted by Gasteiger charge is -2.22. The first-order valence-corrected chi connectivity index (χ1v) is 7.87. The third kappa shape index (κ3) is 4.14. The Morgan fingerprint density at radius 1 is 1.19 bits per heavy atom. The molecule has 2 rings (SSSR count). The van der Waals surface area contributed by atoms with Crippen LogP contribution < -0.4 is 0 Å². The van der Waals surface area contributed by atoms with E-state index in [1.807, 2.05) is 26.0 Å². The van der Waals surface area contributed by atoms with Gasteiger partial charge in [0.15, 0.2) is 5.78 Å². The molecule has 1 fully saturated rings. The molecular weight excluding hydrogens is 260 g/mol. The Kier molecular flexibility index (Phi) is 5.17. The first kappa shape index (κ1) is 16.2. The number of ketones is 1. The van der Waals surface area contributed by atoms with Gasteiger partial charge in [0, 0.05) is 37.7 Å². The Morgan fingerprint density at radius 2 is 1.81 bits per heavy atom. The highest BCUT2D eigenvalue weighted by molar-refractivity contribution is 5.96. The van der Waals surface area contributed by atoms with Gasteiger partial charge in [-0.1, -0.05) is 24.1 Å². The first-order chi connectivity index (χ1) is 9.86. The molecule has 1 aromatic carbocycles. The van der Waals surface area contributed by atoms with Crippen molar-refractivity contribution in [3.8, 4) is 0 Å². The molecule has 0 amide bonds.